The van der Waals surface area contributed by atoms with Gasteiger partial charge in [0, 0.05) is 21.7 Å². The van der Waals surface area contributed by atoms with Gasteiger partial charge in [0.1, 0.15) is 18.0 Å². The molecule has 12 heteroatoms. The first-order valence-corrected chi connectivity index (χ1v) is 10.7. The Balaban J connectivity index is 1.92. The summed E-state index contributed by atoms with van der Waals surface area (Å²) in [6, 6.07) is 11.9. The Morgan fingerprint density at radius 2 is 1.68 bits per heavy atom. The highest BCUT2D eigenvalue weighted by molar-refractivity contribution is 7.98. The molecule has 1 unspecified atom stereocenters. The van der Waals surface area contributed by atoms with E-state index in [-0.39, 0.29) is 16.4 Å². The van der Waals surface area contributed by atoms with E-state index >= 15 is 0 Å². The Hall–Kier alpha value is -3.02. The first-order chi connectivity index (χ1) is 14.6. The van der Waals surface area contributed by atoms with Gasteiger partial charge in [0.2, 0.25) is 0 Å². The third-order valence-electron chi connectivity index (χ3n) is 3.93. The molecule has 3 N–H and O–H groups in total. The number of aromatic nitrogens is 2. The van der Waals surface area contributed by atoms with E-state index in [2.05, 4.69) is 35.9 Å². The van der Waals surface area contributed by atoms with Gasteiger partial charge in [-0.05, 0) is 55.4 Å². The monoisotopic (exact) mass is 471 g/mol. The second-order valence-corrected chi connectivity index (χ2v) is 8.80. The fraction of sp³-hybridized carbons (Fsp3) is 0.105. The van der Waals surface area contributed by atoms with Crippen LogP contribution in [0.15, 0.2) is 59.8 Å². The third-order valence-corrected chi connectivity index (χ3v) is 5.86. The largest absolute Gasteiger partial charge is 0.573 e. The standard InChI is InChI=1S/C19H17ClF3N5O2S/c1-24-31(2,29)14-7-8-16(30-19(21,22)23)15(9-14)28-18-10-17(25-11-26-18)27-13-5-3-12(20)4-6-13/h3-11H,2H2,1H3,(H,24,29)(H2,25,26,27,28). The van der Waals surface area contributed by atoms with Crippen molar-refractivity contribution in [2.75, 3.05) is 17.7 Å². The zero-order valence-electron chi connectivity index (χ0n) is 16.0. The molecular weight excluding hydrogens is 455 g/mol. The van der Waals surface area contributed by atoms with Gasteiger partial charge in [-0.25, -0.2) is 18.9 Å². The average Bonchev–Trinajstić information content (AvgIpc) is 2.70. The van der Waals surface area contributed by atoms with Crippen LogP contribution in [0.2, 0.25) is 5.02 Å². The maximum absolute atomic E-state index is 12.8. The molecule has 0 saturated heterocycles. The number of halogens is 4. The highest BCUT2D eigenvalue weighted by Gasteiger charge is 2.32. The van der Waals surface area contributed by atoms with Crippen LogP contribution in [0, 0.1) is 0 Å². The molecule has 3 rings (SSSR count). The number of ether oxygens (including phenoxy) is 1. The lowest BCUT2D eigenvalue weighted by Gasteiger charge is -2.17. The summed E-state index contributed by atoms with van der Waals surface area (Å²) >= 11 is 5.86. The summed E-state index contributed by atoms with van der Waals surface area (Å²) in [5, 5.41) is 6.34. The van der Waals surface area contributed by atoms with Crippen molar-refractivity contribution in [3.05, 3.63) is 59.9 Å². The summed E-state index contributed by atoms with van der Waals surface area (Å²) in [5.41, 5.74) is 0.598. The van der Waals surface area contributed by atoms with Crippen molar-refractivity contribution in [1.29, 1.82) is 0 Å². The van der Waals surface area contributed by atoms with Crippen molar-refractivity contribution in [3.8, 4) is 5.75 Å². The molecule has 3 aromatic rings. The lowest BCUT2D eigenvalue weighted by molar-refractivity contribution is -0.274. The van der Waals surface area contributed by atoms with Crippen molar-refractivity contribution in [1.82, 2.24) is 14.7 Å². The molecule has 0 amide bonds. The van der Waals surface area contributed by atoms with Gasteiger partial charge in [-0.15, -0.1) is 13.2 Å². The van der Waals surface area contributed by atoms with E-state index < -0.39 is 21.8 Å². The predicted octanol–water partition coefficient (Wildman–Crippen LogP) is 4.73. The summed E-state index contributed by atoms with van der Waals surface area (Å²) in [6.07, 6.45) is -3.69. The van der Waals surface area contributed by atoms with Crippen LogP contribution in [-0.4, -0.2) is 33.5 Å². The van der Waals surface area contributed by atoms with Crippen LogP contribution in [0.3, 0.4) is 0 Å². The number of anilines is 4. The smallest absolute Gasteiger partial charge is 0.404 e. The molecule has 0 radical (unpaired) electrons. The lowest BCUT2D eigenvalue weighted by Crippen LogP contribution is -2.20. The summed E-state index contributed by atoms with van der Waals surface area (Å²) in [5.74, 6) is 3.60. The minimum absolute atomic E-state index is 0.0995. The number of rotatable bonds is 7. The SMILES string of the molecule is C=S(=O)(NC)c1ccc(OC(F)(F)F)c(Nc2cc(Nc3ccc(Cl)cc3)ncn2)c1. The number of hydrogen-bond acceptors (Lipinski definition) is 6. The molecule has 0 spiro atoms. The van der Waals surface area contributed by atoms with E-state index in [1.54, 1.807) is 24.3 Å². The molecule has 0 aliphatic rings. The van der Waals surface area contributed by atoms with Crippen LogP contribution in [0.5, 0.6) is 5.75 Å². The molecule has 31 heavy (non-hydrogen) atoms. The number of nitrogens with zero attached hydrogens (tertiary/aromatic N) is 2. The number of hydrogen-bond donors (Lipinski definition) is 3. The molecule has 2 aromatic carbocycles. The molecule has 0 aliphatic carbocycles. The fourth-order valence-corrected chi connectivity index (χ4v) is 3.41. The van der Waals surface area contributed by atoms with Crippen LogP contribution in [0.25, 0.3) is 0 Å². The Labute approximate surface area is 181 Å². The average molecular weight is 472 g/mol. The maximum Gasteiger partial charge on any atom is 0.573 e. The topological polar surface area (TPSA) is 88.2 Å². The Morgan fingerprint density at radius 1 is 1.03 bits per heavy atom. The van der Waals surface area contributed by atoms with Crippen LogP contribution in [-0.2, 0) is 9.71 Å². The van der Waals surface area contributed by atoms with E-state index in [0.717, 1.165) is 6.07 Å². The van der Waals surface area contributed by atoms with Gasteiger partial charge in [-0.2, -0.15) is 0 Å². The Kier molecular flexibility index (Phi) is 6.58. The van der Waals surface area contributed by atoms with E-state index in [9.17, 15) is 17.4 Å². The second-order valence-electron chi connectivity index (χ2n) is 6.13. The van der Waals surface area contributed by atoms with Crippen molar-refractivity contribution in [2.24, 2.45) is 0 Å². The second kappa shape index (κ2) is 9.00. The van der Waals surface area contributed by atoms with Gasteiger partial charge in [0.05, 0.1) is 15.4 Å². The van der Waals surface area contributed by atoms with Gasteiger partial charge in [-0.3, -0.25) is 0 Å². The van der Waals surface area contributed by atoms with E-state index in [0.29, 0.717) is 16.5 Å². The van der Waals surface area contributed by atoms with E-state index in [1.165, 1.54) is 31.6 Å². The molecule has 164 valence electrons. The molecule has 1 aromatic heterocycles. The minimum atomic E-state index is -4.92. The zero-order valence-corrected chi connectivity index (χ0v) is 17.6. The molecule has 0 fully saturated rings. The first kappa shape index (κ1) is 22.7. The molecule has 0 bridgehead atoms. The maximum atomic E-state index is 12.8. The van der Waals surface area contributed by atoms with Crippen LogP contribution >= 0.6 is 11.6 Å². The normalized spacial score (nSPS) is 13.3. The zero-order chi connectivity index (χ0) is 22.6. The van der Waals surface area contributed by atoms with Gasteiger partial charge in [-0.1, -0.05) is 11.6 Å². The Bertz CT molecular complexity index is 1170. The van der Waals surface area contributed by atoms with Gasteiger partial charge >= 0.3 is 6.36 Å². The quantitative estimate of drug-likeness (QED) is 0.432. The number of alkyl halides is 3. The van der Waals surface area contributed by atoms with Crippen LogP contribution in [0.4, 0.5) is 36.2 Å². The molecule has 1 heterocycles. The summed E-state index contributed by atoms with van der Waals surface area (Å²) in [4.78, 5) is 8.28. The van der Waals surface area contributed by atoms with Crippen molar-refractivity contribution in [3.63, 3.8) is 0 Å². The first-order valence-electron chi connectivity index (χ1n) is 8.63. The predicted molar refractivity (Wildman–Crippen MR) is 116 cm³/mol. The highest BCUT2D eigenvalue weighted by Crippen LogP contribution is 2.34. The third kappa shape index (κ3) is 6.23. The molecule has 0 saturated carbocycles. The van der Waals surface area contributed by atoms with Gasteiger partial charge in [0.15, 0.2) is 5.75 Å². The molecule has 0 aliphatic heterocycles. The number of benzene rings is 2. The number of nitrogens with one attached hydrogen (secondary N) is 3. The fourth-order valence-electron chi connectivity index (χ4n) is 2.46. The summed E-state index contributed by atoms with van der Waals surface area (Å²) in [7, 11) is -1.48. The van der Waals surface area contributed by atoms with Gasteiger partial charge < -0.3 is 15.4 Å². The van der Waals surface area contributed by atoms with Gasteiger partial charge in [0.25, 0.3) is 0 Å². The lowest BCUT2D eigenvalue weighted by atomic mass is 10.3. The van der Waals surface area contributed by atoms with Crippen LogP contribution in [0.1, 0.15) is 0 Å². The molecule has 7 nitrogen and oxygen atoms in total. The molecule has 1 atom stereocenters. The Morgan fingerprint density at radius 3 is 2.29 bits per heavy atom. The summed E-state index contributed by atoms with van der Waals surface area (Å²) < 4.78 is 57.6. The van der Waals surface area contributed by atoms with E-state index in [1.807, 2.05) is 0 Å². The molecular formula is C19H17ClF3N5O2S. The summed E-state index contributed by atoms with van der Waals surface area (Å²) in [6.45, 7) is 0. The highest BCUT2D eigenvalue weighted by atomic mass is 35.5. The van der Waals surface area contributed by atoms with Crippen molar-refractivity contribution in [2.45, 2.75) is 11.3 Å². The van der Waals surface area contributed by atoms with Crippen molar-refractivity contribution < 1.29 is 22.1 Å². The minimum Gasteiger partial charge on any atom is -0.404 e. The van der Waals surface area contributed by atoms with Crippen LogP contribution < -0.4 is 20.1 Å². The van der Waals surface area contributed by atoms with Crippen molar-refractivity contribution >= 4 is 50.2 Å². The van der Waals surface area contributed by atoms with E-state index in [4.69, 9.17) is 11.6 Å².